The molecule has 0 bridgehead atoms. The van der Waals surface area contributed by atoms with Crippen LogP contribution in [0.25, 0.3) is 0 Å². The Bertz CT molecular complexity index is 377. The highest BCUT2D eigenvalue weighted by atomic mass is 35.5. The molecule has 96 valence electrons. The number of anilines is 2. The molecule has 4 N–H and O–H groups in total. The Morgan fingerprint density at radius 2 is 2.12 bits per heavy atom. The van der Waals surface area contributed by atoms with Crippen LogP contribution in [0.4, 0.5) is 11.5 Å². The third kappa shape index (κ3) is 4.06. The molecule has 0 aliphatic carbocycles. The Hall–Kier alpha value is -1.00. The standard InChI is InChI=1S/C12H20ClN3O/c1-12(2,3)9(6-7-17)15-11-8(14)4-5-10(13)16-11/h4-5,9,17H,6-7,14H2,1-3H3,(H,15,16). The first-order valence-electron chi connectivity index (χ1n) is 5.64. The summed E-state index contributed by atoms with van der Waals surface area (Å²) in [5.74, 6) is 0.575. The van der Waals surface area contributed by atoms with Gasteiger partial charge in [0.1, 0.15) is 5.15 Å². The predicted molar refractivity (Wildman–Crippen MR) is 72.2 cm³/mol. The topological polar surface area (TPSA) is 71.2 Å². The maximum Gasteiger partial charge on any atom is 0.151 e. The first kappa shape index (κ1) is 14.1. The van der Waals surface area contributed by atoms with Gasteiger partial charge in [0.25, 0.3) is 0 Å². The van der Waals surface area contributed by atoms with E-state index in [2.05, 4.69) is 31.1 Å². The number of halogens is 1. The first-order valence-corrected chi connectivity index (χ1v) is 6.02. The minimum atomic E-state index is -0.000826. The van der Waals surface area contributed by atoms with Crippen LogP contribution in [0, 0.1) is 5.41 Å². The average molecular weight is 258 g/mol. The van der Waals surface area contributed by atoms with Crippen molar-refractivity contribution in [2.75, 3.05) is 17.7 Å². The maximum atomic E-state index is 9.08. The summed E-state index contributed by atoms with van der Waals surface area (Å²) in [7, 11) is 0. The average Bonchev–Trinajstić information content (AvgIpc) is 2.21. The summed E-state index contributed by atoms with van der Waals surface area (Å²) >= 11 is 5.84. The van der Waals surface area contributed by atoms with Gasteiger partial charge in [-0.15, -0.1) is 0 Å². The zero-order valence-electron chi connectivity index (χ0n) is 10.5. The van der Waals surface area contributed by atoms with Gasteiger partial charge in [-0.25, -0.2) is 4.98 Å². The van der Waals surface area contributed by atoms with Crippen molar-refractivity contribution in [3.63, 3.8) is 0 Å². The number of nitrogen functional groups attached to an aromatic ring is 1. The van der Waals surface area contributed by atoms with Crippen molar-refractivity contribution in [2.24, 2.45) is 5.41 Å². The zero-order valence-corrected chi connectivity index (χ0v) is 11.3. The molecule has 0 aliphatic heterocycles. The van der Waals surface area contributed by atoms with E-state index in [1.807, 2.05) is 0 Å². The van der Waals surface area contributed by atoms with Crippen molar-refractivity contribution >= 4 is 23.1 Å². The molecule has 0 aliphatic rings. The number of aliphatic hydroxyl groups excluding tert-OH is 1. The number of aliphatic hydroxyl groups is 1. The van der Waals surface area contributed by atoms with E-state index in [1.165, 1.54) is 0 Å². The molecule has 1 atom stereocenters. The minimum absolute atomic E-state index is 0.000826. The Kier molecular flexibility index (Phi) is 4.60. The minimum Gasteiger partial charge on any atom is -0.396 e. The van der Waals surface area contributed by atoms with Gasteiger partial charge in [0.15, 0.2) is 5.82 Å². The predicted octanol–water partition coefficient (Wildman–Crippen LogP) is 2.53. The van der Waals surface area contributed by atoms with E-state index in [9.17, 15) is 0 Å². The molecule has 0 saturated carbocycles. The van der Waals surface area contributed by atoms with Crippen LogP contribution in [0.2, 0.25) is 5.15 Å². The highest BCUT2D eigenvalue weighted by molar-refractivity contribution is 6.29. The second-order valence-corrected chi connectivity index (χ2v) is 5.53. The number of hydrogen-bond acceptors (Lipinski definition) is 4. The number of hydrogen-bond donors (Lipinski definition) is 3. The summed E-state index contributed by atoms with van der Waals surface area (Å²) < 4.78 is 0. The van der Waals surface area contributed by atoms with E-state index in [-0.39, 0.29) is 18.1 Å². The molecule has 17 heavy (non-hydrogen) atoms. The Morgan fingerprint density at radius 1 is 1.47 bits per heavy atom. The van der Waals surface area contributed by atoms with Crippen molar-refractivity contribution < 1.29 is 5.11 Å². The fourth-order valence-corrected chi connectivity index (χ4v) is 1.73. The molecule has 1 heterocycles. The molecule has 1 aromatic heterocycles. The van der Waals surface area contributed by atoms with E-state index in [0.29, 0.717) is 23.1 Å². The van der Waals surface area contributed by atoms with Crippen molar-refractivity contribution in [1.29, 1.82) is 0 Å². The Labute approximate surface area is 107 Å². The molecule has 5 heteroatoms. The van der Waals surface area contributed by atoms with Gasteiger partial charge in [0.05, 0.1) is 5.69 Å². The molecular formula is C12H20ClN3O. The maximum absolute atomic E-state index is 9.08. The van der Waals surface area contributed by atoms with E-state index < -0.39 is 0 Å². The van der Waals surface area contributed by atoms with Crippen molar-refractivity contribution in [3.8, 4) is 0 Å². The number of rotatable bonds is 4. The number of nitrogens with two attached hydrogens (primary N) is 1. The van der Waals surface area contributed by atoms with Crippen LogP contribution in [-0.2, 0) is 0 Å². The van der Waals surface area contributed by atoms with Crippen LogP contribution in [-0.4, -0.2) is 22.7 Å². The van der Waals surface area contributed by atoms with E-state index in [4.69, 9.17) is 22.4 Å². The van der Waals surface area contributed by atoms with Gasteiger partial charge in [-0.2, -0.15) is 0 Å². The second kappa shape index (κ2) is 5.56. The van der Waals surface area contributed by atoms with Crippen LogP contribution >= 0.6 is 11.6 Å². The van der Waals surface area contributed by atoms with Crippen molar-refractivity contribution in [3.05, 3.63) is 17.3 Å². The Balaban J connectivity index is 2.89. The lowest BCUT2D eigenvalue weighted by Gasteiger charge is -2.31. The third-order valence-corrected chi connectivity index (χ3v) is 2.88. The van der Waals surface area contributed by atoms with Gasteiger partial charge in [-0.05, 0) is 24.0 Å². The SMILES string of the molecule is CC(C)(C)C(CCO)Nc1nc(Cl)ccc1N. The first-order chi connectivity index (χ1) is 7.84. The molecule has 4 nitrogen and oxygen atoms in total. The molecule has 0 aromatic carbocycles. The lowest BCUT2D eigenvalue weighted by atomic mass is 9.85. The lowest BCUT2D eigenvalue weighted by Crippen LogP contribution is -2.35. The van der Waals surface area contributed by atoms with Crippen LogP contribution < -0.4 is 11.1 Å². The quantitative estimate of drug-likeness (QED) is 0.725. The van der Waals surface area contributed by atoms with Crippen LogP contribution in [0.1, 0.15) is 27.2 Å². The monoisotopic (exact) mass is 257 g/mol. The van der Waals surface area contributed by atoms with Gasteiger partial charge in [0, 0.05) is 12.6 Å². The van der Waals surface area contributed by atoms with Gasteiger partial charge >= 0.3 is 0 Å². The summed E-state index contributed by atoms with van der Waals surface area (Å²) in [6, 6.07) is 3.46. The molecule has 1 rings (SSSR count). The van der Waals surface area contributed by atoms with Crippen LogP contribution in [0.3, 0.4) is 0 Å². The van der Waals surface area contributed by atoms with Crippen LogP contribution in [0.5, 0.6) is 0 Å². The highest BCUT2D eigenvalue weighted by Gasteiger charge is 2.24. The molecule has 1 aromatic rings. The molecule has 0 fully saturated rings. The normalized spacial score (nSPS) is 13.5. The van der Waals surface area contributed by atoms with Gasteiger partial charge in [0.2, 0.25) is 0 Å². The molecule has 0 saturated heterocycles. The molecule has 1 unspecified atom stereocenters. The second-order valence-electron chi connectivity index (χ2n) is 5.15. The van der Waals surface area contributed by atoms with Crippen molar-refractivity contribution in [2.45, 2.75) is 33.2 Å². The summed E-state index contributed by atoms with van der Waals surface area (Å²) in [6.45, 7) is 6.42. The number of nitrogens with zero attached hydrogens (tertiary/aromatic N) is 1. The molecule has 0 radical (unpaired) electrons. The summed E-state index contributed by atoms with van der Waals surface area (Å²) in [5, 5.41) is 12.7. The molecular weight excluding hydrogens is 238 g/mol. The number of aromatic nitrogens is 1. The van der Waals surface area contributed by atoms with Gasteiger partial charge in [-0.3, -0.25) is 0 Å². The number of nitrogens with one attached hydrogen (secondary N) is 1. The largest absolute Gasteiger partial charge is 0.396 e. The summed E-state index contributed by atoms with van der Waals surface area (Å²) in [5.41, 5.74) is 6.39. The lowest BCUT2D eigenvalue weighted by molar-refractivity contribution is 0.235. The zero-order chi connectivity index (χ0) is 13.1. The van der Waals surface area contributed by atoms with Gasteiger partial charge in [-0.1, -0.05) is 32.4 Å². The van der Waals surface area contributed by atoms with E-state index >= 15 is 0 Å². The highest BCUT2D eigenvalue weighted by Crippen LogP contribution is 2.27. The summed E-state index contributed by atoms with van der Waals surface area (Å²) in [6.07, 6.45) is 0.636. The fraction of sp³-hybridized carbons (Fsp3) is 0.583. The molecule has 0 spiro atoms. The van der Waals surface area contributed by atoms with Crippen molar-refractivity contribution in [1.82, 2.24) is 4.98 Å². The van der Waals surface area contributed by atoms with E-state index in [0.717, 1.165) is 0 Å². The van der Waals surface area contributed by atoms with Gasteiger partial charge < -0.3 is 16.2 Å². The smallest absolute Gasteiger partial charge is 0.151 e. The number of pyridine rings is 1. The fourth-order valence-electron chi connectivity index (χ4n) is 1.58. The Morgan fingerprint density at radius 3 is 2.65 bits per heavy atom. The van der Waals surface area contributed by atoms with Crippen LogP contribution in [0.15, 0.2) is 12.1 Å². The summed E-state index contributed by atoms with van der Waals surface area (Å²) in [4.78, 5) is 4.16. The molecule has 0 amide bonds. The van der Waals surface area contributed by atoms with E-state index in [1.54, 1.807) is 12.1 Å². The third-order valence-electron chi connectivity index (χ3n) is 2.67.